The van der Waals surface area contributed by atoms with Crippen molar-refractivity contribution in [1.82, 2.24) is 9.80 Å². The zero-order valence-electron chi connectivity index (χ0n) is 29.0. The maximum absolute atomic E-state index is 13.9. The van der Waals surface area contributed by atoms with Crippen molar-refractivity contribution in [2.24, 2.45) is 0 Å². The smallest absolute Gasteiger partial charge is 0.198 e. The van der Waals surface area contributed by atoms with Gasteiger partial charge in [-0.3, -0.25) is 9.59 Å². The van der Waals surface area contributed by atoms with Gasteiger partial charge in [0.15, 0.2) is 24.1 Å². The third kappa shape index (κ3) is 6.08. The number of aliphatic hydroxyl groups excluding tert-OH is 2. The van der Waals surface area contributed by atoms with Gasteiger partial charge in [0.25, 0.3) is 0 Å². The first-order chi connectivity index (χ1) is 23.1. The average molecular weight is 685 g/mol. The summed E-state index contributed by atoms with van der Waals surface area (Å²) >= 11 is 0. The van der Waals surface area contributed by atoms with E-state index in [9.17, 15) is 35.1 Å². The van der Waals surface area contributed by atoms with Crippen LogP contribution in [0.5, 0.6) is 11.5 Å². The molecule has 2 aliphatic carbocycles. The molecule has 49 heavy (non-hydrogen) atoms. The standard InChI is InChI=1S/C36H48N2O11/c1-8-36(45)15-24(48-25-13-21(37(4)5)30(40)16(2)46-25)19-12-20-28(32(42)18-10-9-11-23(39)27(18)33(20)43)34(44)29(19)35(36)49-26-14-22(38(6)7)31(41)17(3)47-26/h9-12,16-17,21-22,24-26,30-31,35,39-41,44-45H,8,13-15H2,1-7H3/t16-,17+,21-,22+,24-,25-,26+,30-,31+,35-,36-/m0/s1. The number of hydrogen-bond donors (Lipinski definition) is 5. The first-order valence-corrected chi connectivity index (χ1v) is 16.9. The fraction of sp³-hybridized carbons (Fsp3) is 0.611. The zero-order chi connectivity index (χ0) is 35.7. The highest BCUT2D eigenvalue weighted by atomic mass is 16.7. The molecule has 2 aromatic rings. The molecule has 2 aliphatic heterocycles. The fourth-order valence-electron chi connectivity index (χ4n) is 7.94. The van der Waals surface area contributed by atoms with E-state index >= 15 is 0 Å². The Morgan fingerprint density at radius 2 is 1.41 bits per heavy atom. The summed E-state index contributed by atoms with van der Waals surface area (Å²) in [7, 11) is 7.39. The van der Waals surface area contributed by atoms with Gasteiger partial charge in [-0.25, -0.2) is 0 Å². The monoisotopic (exact) mass is 684 g/mol. The van der Waals surface area contributed by atoms with Gasteiger partial charge in [0.2, 0.25) is 0 Å². The Morgan fingerprint density at radius 1 is 0.857 bits per heavy atom. The average Bonchev–Trinajstić information content (AvgIpc) is 3.04. The molecule has 268 valence electrons. The summed E-state index contributed by atoms with van der Waals surface area (Å²) in [6.07, 6.45) is -5.98. The Morgan fingerprint density at radius 3 is 1.96 bits per heavy atom. The van der Waals surface area contributed by atoms with Crippen molar-refractivity contribution in [2.75, 3.05) is 28.2 Å². The molecule has 2 heterocycles. The number of nitrogens with zero attached hydrogens (tertiary/aromatic N) is 2. The van der Waals surface area contributed by atoms with Gasteiger partial charge in [-0.05, 0) is 66.2 Å². The van der Waals surface area contributed by atoms with Crippen LogP contribution < -0.4 is 0 Å². The Labute approximate surface area is 285 Å². The Hall–Kier alpha value is -2.98. The van der Waals surface area contributed by atoms with Crippen molar-refractivity contribution >= 4 is 11.6 Å². The lowest BCUT2D eigenvalue weighted by molar-refractivity contribution is -0.289. The normalized spacial score (nSPS) is 36.1. The molecule has 0 unspecified atom stereocenters. The minimum absolute atomic E-state index is 0.0329. The first kappa shape index (κ1) is 35.8. The molecular weight excluding hydrogens is 636 g/mol. The molecule has 6 rings (SSSR count). The van der Waals surface area contributed by atoms with Gasteiger partial charge in [-0.2, -0.15) is 0 Å². The molecule has 2 saturated heterocycles. The first-order valence-electron chi connectivity index (χ1n) is 16.9. The van der Waals surface area contributed by atoms with Crippen LogP contribution in [0.15, 0.2) is 24.3 Å². The summed E-state index contributed by atoms with van der Waals surface area (Å²) in [4.78, 5) is 31.6. The third-order valence-corrected chi connectivity index (χ3v) is 10.9. The molecule has 0 bridgehead atoms. The largest absolute Gasteiger partial charge is 0.507 e. The third-order valence-electron chi connectivity index (χ3n) is 10.9. The van der Waals surface area contributed by atoms with Crippen molar-refractivity contribution < 1.29 is 54.1 Å². The van der Waals surface area contributed by atoms with E-state index in [1.807, 2.05) is 38.0 Å². The van der Waals surface area contributed by atoms with E-state index in [1.165, 1.54) is 24.3 Å². The molecule has 5 N–H and O–H groups in total. The summed E-state index contributed by atoms with van der Waals surface area (Å²) < 4.78 is 25.3. The summed E-state index contributed by atoms with van der Waals surface area (Å²) in [5.74, 6) is -2.18. The molecule has 4 aliphatic rings. The van der Waals surface area contributed by atoms with Gasteiger partial charge in [0.05, 0.1) is 47.2 Å². The van der Waals surface area contributed by atoms with E-state index < -0.39 is 72.1 Å². The number of ether oxygens (including phenoxy) is 4. The summed E-state index contributed by atoms with van der Waals surface area (Å²) in [6, 6.07) is 5.06. The van der Waals surface area contributed by atoms with E-state index in [2.05, 4.69) is 0 Å². The summed E-state index contributed by atoms with van der Waals surface area (Å²) in [6.45, 7) is 5.25. The summed E-state index contributed by atoms with van der Waals surface area (Å²) in [5.41, 5.74) is -1.83. The molecule has 11 atom stereocenters. The fourth-order valence-corrected chi connectivity index (χ4v) is 7.94. The number of aromatic hydroxyl groups is 2. The van der Waals surface area contributed by atoms with Crippen LogP contribution in [0.1, 0.15) is 102 Å². The second-order valence-corrected chi connectivity index (χ2v) is 14.4. The Kier molecular flexibility index (Phi) is 9.72. The predicted octanol–water partition coefficient (Wildman–Crippen LogP) is 2.39. The lowest BCUT2D eigenvalue weighted by Crippen LogP contribution is -2.55. The topological polar surface area (TPSA) is 179 Å². The van der Waals surface area contributed by atoms with E-state index in [0.29, 0.717) is 12.0 Å². The minimum atomic E-state index is -1.65. The number of carbonyl (C=O) groups is 2. The quantitative estimate of drug-likeness (QED) is 0.245. The highest BCUT2D eigenvalue weighted by molar-refractivity contribution is 6.30. The van der Waals surface area contributed by atoms with Crippen LogP contribution in [0.2, 0.25) is 0 Å². The number of rotatable bonds is 7. The van der Waals surface area contributed by atoms with Gasteiger partial charge in [-0.1, -0.05) is 19.1 Å². The van der Waals surface area contributed by atoms with Crippen LogP contribution >= 0.6 is 0 Å². The lowest BCUT2D eigenvalue weighted by Gasteiger charge is -2.48. The van der Waals surface area contributed by atoms with Crippen LogP contribution in [0.25, 0.3) is 0 Å². The molecule has 2 fully saturated rings. The van der Waals surface area contributed by atoms with Crippen LogP contribution in [-0.2, 0) is 18.9 Å². The van der Waals surface area contributed by atoms with Gasteiger partial charge in [0.1, 0.15) is 17.6 Å². The minimum Gasteiger partial charge on any atom is -0.507 e. The van der Waals surface area contributed by atoms with Crippen molar-refractivity contribution in [1.29, 1.82) is 0 Å². The van der Waals surface area contributed by atoms with Crippen molar-refractivity contribution in [3.63, 3.8) is 0 Å². The van der Waals surface area contributed by atoms with Gasteiger partial charge >= 0.3 is 0 Å². The number of benzene rings is 2. The molecule has 0 saturated carbocycles. The van der Waals surface area contributed by atoms with Gasteiger partial charge in [0, 0.05) is 48.0 Å². The highest BCUT2D eigenvalue weighted by Gasteiger charge is 2.52. The predicted molar refractivity (Wildman–Crippen MR) is 175 cm³/mol. The lowest BCUT2D eigenvalue weighted by atomic mass is 9.71. The summed E-state index contributed by atoms with van der Waals surface area (Å²) in [5, 5.41) is 56.7. The molecule has 0 spiro atoms. The van der Waals surface area contributed by atoms with E-state index in [-0.39, 0.29) is 64.9 Å². The Balaban J connectivity index is 1.48. The molecule has 0 radical (unpaired) electrons. The molecule has 13 nitrogen and oxygen atoms in total. The molecule has 0 aromatic heterocycles. The highest BCUT2D eigenvalue weighted by Crippen LogP contribution is 2.55. The zero-order valence-corrected chi connectivity index (χ0v) is 29.0. The SMILES string of the molecule is CC[C@]1(O)C[C@H](O[C@H]2C[C@H](N(C)C)[C@@H](O)[C@H](C)O2)c2cc3c(c(O)c2[C@@H]1O[C@@H]1C[C@@H](N(C)C)[C@H](O)[C@@H](C)O1)C(=O)c1cccc(O)c1C3=O. The van der Waals surface area contributed by atoms with Crippen molar-refractivity contribution in [3.05, 3.63) is 57.6 Å². The maximum atomic E-state index is 13.9. The van der Waals surface area contributed by atoms with Crippen LogP contribution in [-0.4, -0.2) is 130 Å². The van der Waals surface area contributed by atoms with Gasteiger partial charge in [-0.15, -0.1) is 0 Å². The van der Waals surface area contributed by atoms with E-state index in [0.717, 1.165) is 0 Å². The number of fused-ring (bicyclic) bond motifs is 3. The molecule has 0 amide bonds. The van der Waals surface area contributed by atoms with Gasteiger partial charge < -0.3 is 54.3 Å². The van der Waals surface area contributed by atoms with Crippen molar-refractivity contribution in [2.45, 2.75) is 113 Å². The number of ketones is 2. The second-order valence-electron chi connectivity index (χ2n) is 14.4. The van der Waals surface area contributed by atoms with Crippen molar-refractivity contribution in [3.8, 4) is 11.5 Å². The van der Waals surface area contributed by atoms with Crippen LogP contribution in [0, 0.1) is 0 Å². The number of phenolic OH excluding ortho intramolecular Hbond substituents is 2. The maximum Gasteiger partial charge on any atom is 0.198 e. The van der Waals surface area contributed by atoms with E-state index in [1.54, 1.807) is 20.8 Å². The second kappa shape index (κ2) is 13.3. The van der Waals surface area contributed by atoms with Crippen LogP contribution in [0.3, 0.4) is 0 Å². The molecule has 13 heteroatoms. The number of carbonyl (C=O) groups excluding carboxylic acids is 2. The number of phenols is 2. The van der Waals surface area contributed by atoms with E-state index in [4.69, 9.17) is 18.9 Å². The van der Waals surface area contributed by atoms with Crippen LogP contribution in [0.4, 0.5) is 0 Å². The molecule has 2 aromatic carbocycles. The number of aliphatic hydroxyl groups is 3. The Bertz CT molecular complexity index is 1610. The number of hydrogen-bond acceptors (Lipinski definition) is 13. The molecular formula is C36H48N2O11. The number of likely N-dealkylation sites (N-methyl/N-ethyl adjacent to an activating group) is 2.